The SMILES string of the molecule is CC(=NNc1cc(C)nc(-c2ccc(Br)cc2)n1)c1ccc(I)cc1. The summed E-state index contributed by atoms with van der Waals surface area (Å²) in [4.78, 5) is 9.08. The zero-order valence-electron chi connectivity index (χ0n) is 13.8. The van der Waals surface area contributed by atoms with Gasteiger partial charge < -0.3 is 0 Å². The van der Waals surface area contributed by atoms with Crippen LogP contribution in [0, 0.1) is 10.5 Å². The van der Waals surface area contributed by atoms with Crippen LogP contribution in [0.4, 0.5) is 5.82 Å². The van der Waals surface area contributed by atoms with Crippen LogP contribution >= 0.6 is 38.5 Å². The molecule has 0 saturated heterocycles. The topological polar surface area (TPSA) is 50.2 Å². The maximum atomic E-state index is 4.57. The van der Waals surface area contributed by atoms with Gasteiger partial charge in [-0.25, -0.2) is 9.97 Å². The van der Waals surface area contributed by atoms with Crippen LogP contribution in [0.3, 0.4) is 0 Å². The van der Waals surface area contributed by atoms with E-state index < -0.39 is 0 Å². The molecule has 3 aromatic rings. The van der Waals surface area contributed by atoms with Crippen molar-refractivity contribution in [3.63, 3.8) is 0 Å². The minimum atomic E-state index is 0.676. The molecule has 0 radical (unpaired) electrons. The van der Waals surface area contributed by atoms with Crippen molar-refractivity contribution in [1.82, 2.24) is 9.97 Å². The summed E-state index contributed by atoms with van der Waals surface area (Å²) in [5, 5.41) is 4.45. The Balaban J connectivity index is 1.84. The van der Waals surface area contributed by atoms with Crippen molar-refractivity contribution in [3.8, 4) is 11.4 Å². The van der Waals surface area contributed by atoms with E-state index in [1.54, 1.807) is 0 Å². The number of nitrogens with zero attached hydrogens (tertiary/aromatic N) is 3. The van der Waals surface area contributed by atoms with Crippen molar-refractivity contribution in [3.05, 3.63) is 73.9 Å². The van der Waals surface area contributed by atoms with E-state index in [0.717, 1.165) is 27.0 Å². The van der Waals surface area contributed by atoms with Gasteiger partial charge >= 0.3 is 0 Å². The minimum absolute atomic E-state index is 0.676. The van der Waals surface area contributed by atoms with Gasteiger partial charge in [0.2, 0.25) is 0 Å². The maximum absolute atomic E-state index is 4.57. The molecule has 0 atom stereocenters. The Morgan fingerprint density at radius 2 is 1.72 bits per heavy atom. The second kappa shape index (κ2) is 8.05. The lowest BCUT2D eigenvalue weighted by Gasteiger charge is -2.07. The third-order valence-electron chi connectivity index (χ3n) is 3.56. The first-order valence-corrected chi connectivity index (χ1v) is 9.56. The molecule has 0 unspecified atom stereocenters. The molecule has 0 saturated carbocycles. The second-order valence-corrected chi connectivity index (χ2v) is 7.70. The molecule has 2 aromatic carbocycles. The lowest BCUT2D eigenvalue weighted by Crippen LogP contribution is -2.03. The molecule has 126 valence electrons. The molecule has 0 bridgehead atoms. The number of aromatic nitrogens is 2. The lowest BCUT2D eigenvalue weighted by atomic mass is 10.1. The number of nitrogens with one attached hydrogen (secondary N) is 1. The van der Waals surface area contributed by atoms with Crippen LogP contribution in [0.1, 0.15) is 18.2 Å². The predicted octanol–water partition coefficient (Wildman–Crippen LogP) is 5.66. The van der Waals surface area contributed by atoms with Gasteiger partial charge in [0.15, 0.2) is 11.6 Å². The van der Waals surface area contributed by atoms with Crippen molar-refractivity contribution in [2.75, 3.05) is 5.43 Å². The Labute approximate surface area is 169 Å². The van der Waals surface area contributed by atoms with E-state index in [1.807, 2.05) is 44.2 Å². The highest BCUT2D eigenvalue weighted by Gasteiger charge is 2.05. The fourth-order valence-electron chi connectivity index (χ4n) is 2.25. The van der Waals surface area contributed by atoms with Crippen molar-refractivity contribution in [1.29, 1.82) is 0 Å². The van der Waals surface area contributed by atoms with Crippen LogP contribution in [0.5, 0.6) is 0 Å². The monoisotopic (exact) mass is 506 g/mol. The Morgan fingerprint density at radius 1 is 1.04 bits per heavy atom. The third-order valence-corrected chi connectivity index (χ3v) is 4.80. The Kier molecular flexibility index (Phi) is 5.80. The molecule has 3 rings (SSSR count). The standard InChI is InChI=1S/C19H16BrIN4/c1-12-11-18(23-19(22-12)15-3-7-16(20)8-4-15)25-24-13(2)14-5-9-17(21)10-6-14/h3-11H,1-2H3,(H,22,23,25). The van der Waals surface area contributed by atoms with Gasteiger partial charge in [0.1, 0.15) is 0 Å². The van der Waals surface area contributed by atoms with Crippen LogP contribution in [-0.4, -0.2) is 15.7 Å². The van der Waals surface area contributed by atoms with Crippen LogP contribution in [0.15, 0.2) is 64.2 Å². The molecule has 0 aliphatic heterocycles. The largest absolute Gasteiger partial charge is 0.261 e. The molecule has 1 aromatic heterocycles. The molecule has 0 aliphatic carbocycles. The van der Waals surface area contributed by atoms with Crippen LogP contribution in [-0.2, 0) is 0 Å². The summed E-state index contributed by atoms with van der Waals surface area (Å²) in [5.74, 6) is 1.35. The van der Waals surface area contributed by atoms with Crippen molar-refractivity contribution >= 4 is 50.1 Å². The van der Waals surface area contributed by atoms with Gasteiger partial charge in [-0.3, -0.25) is 5.43 Å². The molecule has 0 amide bonds. The summed E-state index contributed by atoms with van der Waals surface area (Å²) in [6.45, 7) is 3.92. The number of benzene rings is 2. The molecule has 0 spiro atoms. The Bertz CT molecular complexity index is 906. The Hall–Kier alpha value is -1.80. The molecular weight excluding hydrogens is 491 g/mol. The maximum Gasteiger partial charge on any atom is 0.161 e. The van der Waals surface area contributed by atoms with E-state index in [-0.39, 0.29) is 0 Å². The highest BCUT2D eigenvalue weighted by Crippen LogP contribution is 2.20. The molecule has 1 N–H and O–H groups in total. The van der Waals surface area contributed by atoms with Crippen molar-refractivity contribution < 1.29 is 0 Å². The summed E-state index contributed by atoms with van der Waals surface area (Å²) in [7, 11) is 0. The minimum Gasteiger partial charge on any atom is -0.261 e. The molecule has 0 aliphatic rings. The fraction of sp³-hybridized carbons (Fsp3) is 0.105. The van der Waals surface area contributed by atoms with E-state index in [4.69, 9.17) is 0 Å². The van der Waals surface area contributed by atoms with Gasteiger partial charge in [-0.2, -0.15) is 5.10 Å². The lowest BCUT2D eigenvalue weighted by molar-refractivity contribution is 1.09. The second-order valence-electron chi connectivity index (χ2n) is 5.54. The van der Waals surface area contributed by atoms with Crippen molar-refractivity contribution in [2.45, 2.75) is 13.8 Å². The summed E-state index contributed by atoms with van der Waals surface area (Å²) in [6.07, 6.45) is 0. The molecule has 4 nitrogen and oxygen atoms in total. The van der Waals surface area contributed by atoms with E-state index in [9.17, 15) is 0 Å². The summed E-state index contributed by atoms with van der Waals surface area (Å²) < 4.78 is 2.23. The highest BCUT2D eigenvalue weighted by atomic mass is 127. The van der Waals surface area contributed by atoms with Gasteiger partial charge in [0, 0.05) is 25.4 Å². The first-order valence-electron chi connectivity index (χ1n) is 7.69. The number of rotatable bonds is 4. The molecule has 0 fully saturated rings. The highest BCUT2D eigenvalue weighted by molar-refractivity contribution is 14.1. The van der Waals surface area contributed by atoms with Crippen molar-refractivity contribution in [2.24, 2.45) is 5.10 Å². The normalized spacial score (nSPS) is 11.4. The quantitative estimate of drug-likeness (QED) is 0.282. The van der Waals surface area contributed by atoms with Gasteiger partial charge in [-0.1, -0.05) is 40.2 Å². The molecular formula is C19H16BrIN4. The van der Waals surface area contributed by atoms with E-state index in [0.29, 0.717) is 11.6 Å². The summed E-state index contributed by atoms with van der Waals surface area (Å²) in [6, 6.07) is 18.1. The van der Waals surface area contributed by atoms with Crippen LogP contribution in [0.25, 0.3) is 11.4 Å². The first kappa shape index (κ1) is 18.0. The third kappa shape index (κ3) is 4.85. The van der Waals surface area contributed by atoms with Gasteiger partial charge in [0.25, 0.3) is 0 Å². The number of aryl methyl sites for hydroxylation is 1. The summed E-state index contributed by atoms with van der Waals surface area (Å²) in [5.41, 5.74) is 6.87. The average Bonchev–Trinajstić information content (AvgIpc) is 2.60. The van der Waals surface area contributed by atoms with Gasteiger partial charge in [0.05, 0.1) is 5.71 Å². The molecule has 25 heavy (non-hydrogen) atoms. The van der Waals surface area contributed by atoms with E-state index in [1.165, 1.54) is 3.57 Å². The fourth-order valence-corrected chi connectivity index (χ4v) is 2.87. The number of halogens is 2. The number of anilines is 1. The predicted molar refractivity (Wildman–Crippen MR) is 115 cm³/mol. The molecule has 1 heterocycles. The number of hydrazone groups is 1. The molecule has 6 heteroatoms. The van der Waals surface area contributed by atoms with Crippen LogP contribution < -0.4 is 5.43 Å². The number of hydrogen-bond acceptors (Lipinski definition) is 4. The van der Waals surface area contributed by atoms with Crippen LogP contribution in [0.2, 0.25) is 0 Å². The van der Waals surface area contributed by atoms with E-state index >= 15 is 0 Å². The average molecular weight is 507 g/mol. The number of hydrogen-bond donors (Lipinski definition) is 1. The van der Waals surface area contributed by atoms with Gasteiger partial charge in [-0.15, -0.1) is 0 Å². The zero-order chi connectivity index (χ0) is 17.8. The smallest absolute Gasteiger partial charge is 0.161 e. The van der Waals surface area contributed by atoms with Gasteiger partial charge in [-0.05, 0) is 66.3 Å². The first-order chi connectivity index (χ1) is 12.0. The zero-order valence-corrected chi connectivity index (χ0v) is 17.5. The van der Waals surface area contributed by atoms with E-state index in [2.05, 4.69) is 83.3 Å². The Morgan fingerprint density at radius 3 is 2.40 bits per heavy atom. The summed E-state index contributed by atoms with van der Waals surface area (Å²) >= 11 is 5.73.